The van der Waals surface area contributed by atoms with E-state index in [1.54, 1.807) is 36.4 Å². The number of hydrogen-bond acceptors (Lipinski definition) is 1. The molecule has 3 aromatic carbocycles. The third kappa shape index (κ3) is 4.80. The van der Waals surface area contributed by atoms with Gasteiger partial charge in [-0.05, 0) is 65.6 Å². The van der Waals surface area contributed by atoms with E-state index in [2.05, 4.69) is 19.2 Å². The third-order valence-electron chi connectivity index (χ3n) is 6.04. The lowest BCUT2D eigenvalue weighted by molar-refractivity contribution is 0.333. The van der Waals surface area contributed by atoms with E-state index in [1.165, 1.54) is 18.2 Å². The van der Waals surface area contributed by atoms with Crippen molar-refractivity contribution < 1.29 is 17.9 Å². The number of allylic oxidation sites excluding steroid dienone is 3. The molecule has 1 atom stereocenters. The van der Waals surface area contributed by atoms with Gasteiger partial charge in [0, 0.05) is 11.1 Å². The number of ether oxygens (including phenoxy) is 1. The summed E-state index contributed by atoms with van der Waals surface area (Å²) in [5.41, 5.74) is 3.79. The van der Waals surface area contributed by atoms with Crippen molar-refractivity contribution in [1.29, 1.82) is 0 Å². The average Bonchev–Trinajstić information content (AvgIpc) is 2.85. The van der Waals surface area contributed by atoms with Crippen LogP contribution in [-0.2, 0) is 0 Å². The van der Waals surface area contributed by atoms with Gasteiger partial charge in [0.1, 0.15) is 12.4 Å². The van der Waals surface area contributed by atoms with Crippen LogP contribution in [0.4, 0.5) is 13.2 Å². The van der Waals surface area contributed by atoms with Gasteiger partial charge < -0.3 is 4.74 Å². The fraction of sp³-hybridized carbons (Fsp3) is 0.172. The molecule has 3 aromatic rings. The molecule has 0 amide bonds. The van der Waals surface area contributed by atoms with Crippen LogP contribution in [0.25, 0.3) is 27.8 Å². The van der Waals surface area contributed by atoms with Crippen LogP contribution in [0, 0.1) is 23.4 Å². The van der Waals surface area contributed by atoms with Crippen LogP contribution in [-0.4, -0.2) is 6.61 Å². The average molecular weight is 447 g/mol. The minimum atomic E-state index is -1.04. The van der Waals surface area contributed by atoms with E-state index in [1.807, 2.05) is 12.1 Å². The summed E-state index contributed by atoms with van der Waals surface area (Å²) in [4.78, 5) is 0. The van der Waals surface area contributed by atoms with Crippen molar-refractivity contribution in [2.75, 3.05) is 6.61 Å². The smallest absolute Gasteiger partial charge is 0.201 e. The summed E-state index contributed by atoms with van der Waals surface area (Å²) in [5, 5.41) is 0. The van der Waals surface area contributed by atoms with E-state index >= 15 is 0 Å². The molecule has 0 aliphatic heterocycles. The molecule has 0 saturated heterocycles. The second-order valence-electron chi connectivity index (χ2n) is 8.11. The van der Waals surface area contributed by atoms with Gasteiger partial charge in [-0.3, -0.25) is 0 Å². The molecule has 1 unspecified atom stereocenters. The summed E-state index contributed by atoms with van der Waals surface area (Å²) in [6.45, 7) is 7.43. The highest BCUT2D eigenvalue weighted by atomic mass is 19.2. The molecule has 0 bridgehead atoms. The quantitative estimate of drug-likeness (QED) is 0.331. The van der Waals surface area contributed by atoms with E-state index < -0.39 is 11.6 Å². The van der Waals surface area contributed by atoms with Crippen LogP contribution >= 0.6 is 0 Å². The van der Waals surface area contributed by atoms with Crippen molar-refractivity contribution in [3.8, 4) is 28.0 Å². The van der Waals surface area contributed by atoms with Crippen molar-refractivity contribution in [2.45, 2.75) is 19.3 Å². The standard InChI is InChI=1S/C29H25F3O/c1-3-17-33-27-16-15-25(28(31)29(27)32)22-11-9-21(10-12-22)24-14-13-23(18-26(24)30)20-7-5-19(4-2)6-8-20/h3-4,7,9-16,18-19H,1-2,5-6,8,17H2. The molecule has 0 spiro atoms. The van der Waals surface area contributed by atoms with Gasteiger partial charge in [0.15, 0.2) is 11.6 Å². The van der Waals surface area contributed by atoms with Crippen LogP contribution in [0.3, 0.4) is 0 Å². The van der Waals surface area contributed by atoms with Crippen molar-refractivity contribution in [3.63, 3.8) is 0 Å². The Balaban J connectivity index is 1.56. The minimum absolute atomic E-state index is 0.0847. The van der Waals surface area contributed by atoms with Crippen molar-refractivity contribution in [1.82, 2.24) is 0 Å². The summed E-state index contributed by atoms with van der Waals surface area (Å²) in [7, 11) is 0. The first-order valence-electron chi connectivity index (χ1n) is 11.0. The van der Waals surface area contributed by atoms with Gasteiger partial charge in [-0.1, -0.05) is 61.2 Å². The molecule has 0 saturated carbocycles. The van der Waals surface area contributed by atoms with Crippen LogP contribution in [0.5, 0.6) is 5.75 Å². The van der Waals surface area contributed by atoms with E-state index in [4.69, 9.17) is 4.74 Å². The maximum absolute atomic E-state index is 14.9. The fourth-order valence-corrected chi connectivity index (χ4v) is 4.12. The molecule has 168 valence electrons. The van der Waals surface area contributed by atoms with Crippen LogP contribution in [0.1, 0.15) is 24.8 Å². The topological polar surface area (TPSA) is 9.23 Å². The second-order valence-corrected chi connectivity index (χ2v) is 8.11. The van der Waals surface area contributed by atoms with Crippen molar-refractivity contribution >= 4 is 5.57 Å². The zero-order valence-corrected chi connectivity index (χ0v) is 18.3. The zero-order chi connectivity index (χ0) is 23.4. The summed E-state index contributed by atoms with van der Waals surface area (Å²) in [6.07, 6.45) is 8.47. The maximum atomic E-state index is 14.9. The molecule has 4 heteroatoms. The predicted octanol–water partition coefficient (Wildman–Crippen LogP) is 8.37. The van der Waals surface area contributed by atoms with Crippen LogP contribution in [0.2, 0.25) is 0 Å². The van der Waals surface area contributed by atoms with Gasteiger partial charge >= 0.3 is 0 Å². The van der Waals surface area contributed by atoms with E-state index in [0.717, 1.165) is 30.4 Å². The van der Waals surface area contributed by atoms with E-state index in [0.29, 0.717) is 22.6 Å². The van der Waals surface area contributed by atoms with Crippen molar-refractivity contribution in [3.05, 3.63) is 109 Å². The molecule has 1 aliphatic carbocycles. The molecule has 0 radical (unpaired) electrons. The van der Waals surface area contributed by atoms with Crippen LogP contribution < -0.4 is 4.74 Å². The Labute approximate surface area is 192 Å². The lowest BCUT2D eigenvalue weighted by Gasteiger charge is -2.19. The van der Waals surface area contributed by atoms with Gasteiger partial charge in [-0.25, -0.2) is 8.78 Å². The molecule has 0 aromatic heterocycles. The van der Waals surface area contributed by atoms with Gasteiger partial charge in [0.2, 0.25) is 5.82 Å². The predicted molar refractivity (Wildman–Crippen MR) is 128 cm³/mol. The first kappa shape index (κ1) is 22.7. The highest BCUT2D eigenvalue weighted by Gasteiger charge is 2.17. The Hall–Kier alpha value is -3.53. The molecule has 0 fully saturated rings. The van der Waals surface area contributed by atoms with Crippen LogP contribution in [0.15, 0.2) is 86.0 Å². The van der Waals surface area contributed by atoms with Gasteiger partial charge in [0.05, 0.1) is 0 Å². The Morgan fingerprint density at radius 1 is 0.848 bits per heavy atom. The summed E-state index contributed by atoms with van der Waals surface area (Å²) < 4.78 is 49.0. The van der Waals surface area contributed by atoms with Crippen molar-refractivity contribution in [2.24, 2.45) is 5.92 Å². The summed E-state index contributed by atoms with van der Waals surface area (Å²) >= 11 is 0. The molecule has 0 N–H and O–H groups in total. The number of benzene rings is 3. The maximum Gasteiger partial charge on any atom is 0.201 e. The number of rotatable bonds is 7. The van der Waals surface area contributed by atoms with Gasteiger partial charge in [0.25, 0.3) is 0 Å². The molecule has 1 nitrogen and oxygen atoms in total. The van der Waals surface area contributed by atoms with Gasteiger partial charge in [-0.2, -0.15) is 4.39 Å². The molecular weight excluding hydrogens is 421 g/mol. The molecule has 0 heterocycles. The zero-order valence-electron chi connectivity index (χ0n) is 18.3. The minimum Gasteiger partial charge on any atom is -0.486 e. The number of hydrogen-bond donors (Lipinski definition) is 0. The first-order chi connectivity index (χ1) is 16.0. The Bertz CT molecular complexity index is 1210. The van der Waals surface area contributed by atoms with E-state index in [9.17, 15) is 13.2 Å². The fourth-order valence-electron chi connectivity index (χ4n) is 4.12. The monoisotopic (exact) mass is 446 g/mol. The molecule has 4 rings (SSSR count). The largest absolute Gasteiger partial charge is 0.486 e. The first-order valence-corrected chi connectivity index (χ1v) is 11.0. The Morgan fingerprint density at radius 3 is 2.12 bits per heavy atom. The lowest BCUT2D eigenvalue weighted by Crippen LogP contribution is -2.02. The second kappa shape index (κ2) is 9.95. The van der Waals surface area contributed by atoms with E-state index in [-0.39, 0.29) is 23.7 Å². The number of halogens is 3. The van der Waals surface area contributed by atoms with Gasteiger partial charge in [-0.15, -0.1) is 6.58 Å². The highest BCUT2D eigenvalue weighted by molar-refractivity contribution is 5.74. The molecular formula is C29H25F3O. The molecule has 33 heavy (non-hydrogen) atoms. The molecule has 1 aliphatic rings. The normalized spacial score (nSPS) is 15.6. The summed E-state index contributed by atoms with van der Waals surface area (Å²) in [5.74, 6) is -2.02. The Kier molecular flexibility index (Phi) is 6.83. The summed E-state index contributed by atoms with van der Waals surface area (Å²) in [6, 6.07) is 14.9. The lowest BCUT2D eigenvalue weighted by atomic mass is 9.86. The Morgan fingerprint density at radius 2 is 1.52 bits per heavy atom. The SMILES string of the molecule is C=CCOc1ccc(-c2ccc(-c3ccc(C4=CCC(C=C)CC4)cc3F)cc2)c(F)c1F. The highest BCUT2D eigenvalue weighted by Crippen LogP contribution is 2.34. The third-order valence-corrected chi connectivity index (χ3v) is 6.04.